The zero-order valence-corrected chi connectivity index (χ0v) is 14.6. The maximum Gasteiger partial charge on any atom is 0.387 e. The molecule has 144 valence electrons. The van der Waals surface area contributed by atoms with Crippen LogP contribution < -0.4 is 15.4 Å². The van der Waals surface area contributed by atoms with Crippen molar-refractivity contribution in [1.29, 1.82) is 0 Å². The van der Waals surface area contributed by atoms with Gasteiger partial charge in [0.05, 0.1) is 6.54 Å². The van der Waals surface area contributed by atoms with E-state index < -0.39 is 36.5 Å². The summed E-state index contributed by atoms with van der Waals surface area (Å²) in [5.74, 6) is 1.22. The molecule has 7 nitrogen and oxygen atoms in total. The van der Waals surface area contributed by atoms with Gasteiger partial charge in [0.25, 0.3) is 5.91 Å². The first kappa shape index (κ1) is 20.2. The second-order valence-corrected chi connectivity index (χ2v) is 6.16. The van der Waals surface area contributed by atoms with Crippen LogP contribution in [0, 0.1) is 12.3 Å². The third-order valence-corrected chi connectivity index (χ3v) is 4.10. The van der Waals surface area contributed by atoms with Crippen LogP contribution in [0.5, 0.6) is 5.75 Å². The number of imide groups is 1. The van der Waals surface area contributed by atoms with Crippen molar-refractivity contribution in [2.24, 2.45) is 0 Å². The number of aryl methyl sites for hydroxylation is 1. The summed E-state index contributed by atoms with van der Waals surface area (Å²) >= 11 is 0. The summed E-state index contributed by atoms with van der Waals surface area (Å²) in [6, 6.07) is 5.36. The molecule has 1 aromatic rings. The van der Waals surface area contributed by atoms with E-state index in [1.807, 2.05) is 0 Å². The van der Waals surface area contributed by atoms with E-state index >= 15 is 0 Å². The Morgan fingerprint density at radius 3 is 2.63 bits per heavy atom. The Morgan fingerprint density at radius 1 is 1.37 bits per heavy atom. The van der Waals surface area contributed by atoms with Gasteiger partial charge in [0.2, 0.25) is 5.91 Å². The van der Waals surface area contributed by atoms with E-state index in [0.29, 0.717) is 6.42 Å². The van der Waals surface area contributed by atoms with Crippen LogP contribution in [0.1, 0.15) is 18.9 Å². The Kier molecular flexibility index (Phi) is 6.34. The number of nitrogens with zero attached hydrogens (tertiary/aromatic N) is 1. The van der Waals surface area contributed by atoms with Crippen molar-refractivity contribution in [3.63, 3.8) is 0 Å². The van der Waals surface area contributed by atoms with Crippen LogP contribution in [-0.2, 0) is 16.0 Å². The largest absolute Gasteiger partial charge is 0.435 e. The molecule has 2 rings (SSSR count). The lowest BCUT2D eigenvalue weighted by atomic mass is 9.93. The van der Waals surface area contributed by atoms with Crippen LogP contribution in [0.25, 0.3) is 0 Å². The molecule has 9 heteroatoms. The van der Waals surface area contributed by atoms with Crippen LogP contribution in [0.3, 0.4) is 0 Å². The fraction of sp³-hybridized carbons (Fsp3) is 0.389. The molecular formula is C18H19F2N3O4. The predicted octanol–water partition coefficient (Wildman–Crippen LogP) is 1.28. The van der Waals surface area contributed by atoms with Crippen molar-refractivity contribution < 1.29 is 27.9 Å². The first-order chi connectivity index (χ1) is 12.7. The predicted molar refractivity (Wildman–Crippen MR) is 91.9 cm³/mol. The van der Waals surface area contributed by atoms with Crippen LogP contribution >= 0.6 is 0 Å². The summed E-state index contributed by atoms with van der Waals surface area (Å²) in [7, 11) is 0. The van der Waals surface area contributed by atoms with Crippen molar-refractivity contribution in [1.82, 2.24) is 15.5 Å². The Hall–Kier alpha value is -3.15. The zero-order chi connectivity index (χ0) is 20.0. The van der Waals surface area contributed by atoms with Gasteiger partial charge < -0.3 is 15.4 Å². The zero-order valence-electron chi connectivity index (χ0n) is 14.6. The van der Waals surface area contributed by atoms with E-state index in [0.717, 1.165) is 10.5 Å². The number of ether oxygens (including phenoxy) is 1. The molecule has 27 heavy (non-hydrogen) atoms. The SMILES string of the molecule is C#CCNC(=O)CN1C(=O)N[C@@](C)(CCc2ccc(OC(F)F)cc2)C1=O. The van der Waals surface area contributed by atoms with Gasteiger partial charge in [-0.2, -0.15) is 8.78 Å². The van der Waals surface area contributed by atoms with Crippen molar-refractivity contribution in [2.45, 2.75) is 31.9 Å². The van der Waals surface area contributed by atoms with Gasteiger partial charge in [0.15, 0.2) is 0 Å². The number of carbonyl (C=O) groups excluding carboxylic acids is 3. The highest BCUT2D eigenvalue weighted by Gasteiger charge is 2.47. The molecule has 1 aromatic carbocycles. The highest BCUT2D eigenvalue weighted by Crippen LogP contribution is 2.24. The third-order valence-electron chi connectivity index (χ3n) is 4.10. The molecule has 1 heterocycles. The lowest BCUT2D eigenvalue weighted by Crippen LogP contribution is -2.45. The third kappa shape index (κ3) is 5.17. The fourth-order valence-corrected chi connectivity index (χ4v) is 2.64. The van der Waals surface area contributed by atoms with Gasteiger partial charge >= 0.3 is 12.6 Å². The molecular weight excluding hydrogens is 360 g/mol. The summed E-state index contributed by atoms with van der Waals surface area (Å²) in [6.07, 6.45) is 5.73. The molecule has 2 N–H and O–H groups in total. The van der Waals surface area contributed by atoms with Gasteiger partial charge in [-0.05, 0) is 37.5 Å². The second kappa shape index (κ2) is 8.49. The van der Waals surface area contributed by atoms with Gasteiger partial charge in [0, 0.05) is 0 Å². The summed E-state index contributed by atoms with van der Waals surface area (Å²) in [5, 5.41) is 4.98. The van der Waals surface area contributed by atoms with E-state index in [-0.39, 0.29) is 18.7 Å². The molecule has 0 aromatic heterocycles. The normalized spacial score (nSPS) is 19.0. The fourth-order valence-electron chi connectivity index (χ4n) is 2.64. The number of carbonyl (C=O) groups is 3. The Morgan fingerprint density at radius 2 is 2.04 bits per heavy atom. The minimum atomic E-state index is -2.90. The van der Waals surface area contributed by atoms with E-state index in [1.165, 1.54) is 12.1 Å². The van der Waals surface area contributed by atoms with Gasteiger partial charge in [-0.15, -0.1) is 6.42 Å². The molecule has 1 saturated heterocycles. The van der Waals surface area contributed by atoms with Crippen molar-refractivity contribution in [3.05, 3.63) is 29.8 Å². The number of hydrogen-bond donors (Lipinski definition) is 2. The summed E-state index contributed by atoms with van der Waals surface area (Å²) in [4.78, 5) is 37.2. The number of halogens is 2. The monoisotopic (exact) mass is 379 g/mol. The van der Waals surface area contributed by atoms with E-state index in [1.54, 1.807) is 19.1 Å². The van der Waals surface area contributed by atoms with Crippen LogP contribution in [-0.4, -0.2) is 48.0 Å². The summed E-state index contributed by atoms with van der Waals surface area (Å²) in [6.45, 7) is -1.74. The van der Waals surface area contributed by atoms with Crippen molar-refractivity contribution in [3.8, 4) is 18.1 Å². The van der Waals surface area contributed by atoms with Crippen LogP contribution in [0.4, 0.5) is 13.6 Å². The summed E-state index contributed by atoms with van der Waals surface area (Å²) < 4.78 is 28.6. The van der Waals surface area contributed by atoms with E-state index in [9.17, 15) is 23.2 Å². The maximum atomic E-state index is 12.6. The number of rotatable bonds is 8. The molecule has 1 aliphatic rings. The first-order valence-corrected chi connectivity index (χ1v) is 8.13. The maximum absolute atomic E-state index is 12.6. The highest BCUT2D eigenvalue weighted by atomic mass is 19.3. The molecule has 1 aliphatic heterocycles. The molecule has 1 fully saturated rings. The number of alkyl halides is 2. The Bertz CT molecular complexity index is 761. The standard InChI is InChI=1S/C18H19F2N3O4/c1-3-10-21-14(24)11-23-15(25)18(2,22-17(23)26)9-8-12-4-6-13(7-5-12)27-16(19)20/h1,4-7,16H,8-11H2,2H3,(H,21,24)(H,22,26)/t18-/m0/s1. The number of nitrogens with one attached hydrogen (secondary N) is 2. The van der Waals surface area contributed by atoms with Gasteiger partial charge in [-0.3, -0.25) is 14.5 Å². The summed E-state index contributed by atoms with van der Waals surface area (Å²) in [5.41, 5.74) is -0.383. The molecule has 0 unspecified atom stereocenters. The van der Waals surface area contributed by atoms with Crippen LogP contribution in [0.15, 0.2) is 24.3 Å². The van der Waals surface area contributed by atoms with E-state index in [2.05, 4.69) is 21.3 Å². The lowest BCUT2D eigenvalue weighted by Gasteiger charge is -2.21. The second-order valence-electron chi connectivity index (χ2n) is 6.16. The molecule has 0 bridgehead atoms. The minimum Gasteiger partial charge on any atom is -0.435 e. The topological polar surface area (TPSA) is 87.7 Å². The smallest absolute Gasteiger partial charge is 0.387 e. The minimum absolute atomic E-state index is 0.00498. The average Bonchev–Trinajstić information content (AvgIpc) is 2.82. The number of urea groups is 1. The Labute approximate surface area is 155 Å². The molecule has 0 aliphatic carbocycles. The number of amides is 4. The first-order valence-electron chi connectivity index (χ1n) is 8.13. The average molecular weight is 379 g/mol. The van der Waals surface area contributed by atoms with Crippen molar-refractivity contribution in [2.75, 3.05) is 13.1 Å². The number of hydrogen-bond acceptors (Lipinski definition) is 4. The van der Waals surface area contributed by atoms with Gasteiger partial charge in [-0.1, -0.05) is 18.1 Å². The highest BCUT2D eigenvalue weighted by molar-refractivity contribution is 6.08. The van der Waals surface area contributed by atoms with Gasteiger partial charge in [-0.25, -0.2) is 4.79 Å². The molecule has 0 radical (unpaired) electrons. The molecule has 1 atom stereocenters. The Balaban J connectivity index is 1.96. The molecule has 0 spiro atoms. The van der Waals surface area contributed by atoms with Gasteiger partial charge in [0.1, 0.15) is 17.8 Å². The number of benzene rings is 1. The van der Waals surface area contributed by atoms with Crippen molar-refractivity contribution >= 4 is 17.8 Å². The molecule has 4 amide bonds. The number of terminal acetylenes is 1. The van der Waals surface area contributed by atoms with E-state index in [4.69, 9.17) is 6.42 Å². The lowest BCUT2D eigenvalue weighted by molar-refractivity contribution is -0.134. The quantitative estimate of drug-likeness (QED) is 0.526. The molecule has 0 saturated carbocycles. The van der Waals surface area contributed by atoms with Crippen LogP contribution in [0.2, 0.25) is 0 Å².